The number of aliphatic hydroxyl groups is 1. The van der Waals surface area contributed by atoms with Gasteiger partial charge in [0.2, 0.25) is 0 Å². The maximum Gasteiger partial charge on any atom is 0.118 e. The van der Waals surface area contributed by atoms with Crippen LogP contribution in [0.5, 0.6) is 0 Å². The molecule has 1 aliphatic rings. The van der Waals surface area contributed by atoms with Crippen LogP contribution in [0.1, 0.15) is 12.8 Å². The highest BCUT2D eigenvalue weighted by atomic mass is 16.2. The van der Waals surface area contributed by atoms with Gasteiger partial charge in [-0.1, -0.05) is 55.2 Å². The Morgan fingerprint density at radius 1 is 1.50 bits per heavy atom. The lowest BCUT2D eigenvalue weighted by molar-refractivity contribution is 0.399. The summed E-state index contributed by atoms with van der Waals surface area (Å²) in [6, 6.07) is 0. The maximum atomic E-state index is 7.00. The molecule has 3 N–H and O–H groups in total. The smallest absolute Gasteiger partial charge is 0.118 e. The zero-order valence-corrected chi connectivity index (χ0v) is 13.1. The highest BCUT2D eigenvalue weighted by Gasteiger charge is 1.92. The number of amidine groups is 1. The van der Waals surface area contributed by atoms with Crippen molar-refractivity contribution >= 4 is 5.84 Å². The van der Waals surface area contributed by atoms with Crippen LogP contribution in [-0.4, -0.2) is 24.6 Å². The summed E-state index contributed by atoms with van der Waals surface area (Å²) < 4.78 is 0. The Morgan fingerprint density at radius 3 is 2.95 bits per heavy atom. The van der Waals surface area contributed by atoms with Gasteiger partial charge in [0.25, 0.3) is 0 Å². The molecule has 0 bridgehead atoms. The normalized spacial score (nSPS) is 14.7. The molecule has 3 heteroatoms. The first-order chi connectivity index (χ1) is 10.8. The summed E-state index contributed by atoms with van der Waals surface area (Å²) in [6.45, 7) is 4.23. The Bertz CT molecular complexity index is 552. The lowest BCUT2D eigenvalue weighted by atomic mass is 10.2. The number of nitrogens with two attached hydrogens (primary N) is 1. The molecule has 3 nitrogen and oxygen atoms in total. The Kier molecular flexibility index (Phi) is 11.8. The number of aliphatic hydroxyl groups excluding tert-OH is 1. The van der Waals surface area contributed by atoms with Crippen LogP contribution < -0.4 is 5.73 Å². The summed E-state index contributed by atoms with van der Waals surface area (Å²) in [5.41, 5.74) is 7.96. The van der Waals surface area contributed by atoms with Crippen molar-refractivity contribution in [3.05, 3.63) is 72.4 Å². The van der Waals surface area contributed by atoms with E-state index < -0.39 is 0 Å². The van der Waals surface area contributed by atoms with Gasteiger partial charge in [-0.15, -0.1) is 12.3 Å². The molecule has 0 amide bonds. The lowest BCUT2D eigenvalue weighted by Crippen LogP contribution is -2.09. The first kappa shape index (κ1) is 19.4. The second-order valence-electron chi connectivity index (χ2n) is 4.19. The second kappa shape index (κ2) is 13.4. The summed E-state index contributed by atoms with van der Waals surface area (Å²) in [7, 11) is 1.00. The first-order valence-electron chi connectivity index (χ1n) is 6.97. The fourth-order valence-electron chi connectivity index (χ4n) is 1.54. The molecule has 0 aromatic carbocycles. The predicted octanol–water partition coefficient (Wildman–Crippen LogP) is 3.09. The van der Waals surface area contributed by atoms with Crippen molar-refractivity contribution in [3.63, 3.8) is 0 Å². The molecule has 0 atom stereocenters. The Balaban J connectivity index is 0.00000211. The van der Waals surface area contributed by atoms with E-state index in [-0.39, 0.29) is 0 Å². The van der Waals surface area contributed by atoms with Crippen molar-refractivity contribution in [2.45, 2.75) is 12.8 Å². The third-order valence-electron chi connectivity index (χ3n) is 2.66. The third-order valence-corrected chi connectivity index (χ3v) is 2.66. The predicted molar refractivity (Wildman–Crippen MR) is 96.5 cm³/mol. The Labute approximate surface area is 133 Å². The lowest BCUT2D eigenvalue weighted by Gasteiger charge is -1.98. The van der Waals surface area contributed by atoms with E-state index in [0.717, 1.165) is 24.7 Å². The van der Waals surface area contributed by atoms with Crippen LogP contribution >= 0.6 is 0 Å². The summed E-state index contributed by atoms with van der Waals surface area (Å²) in [6.07, 6.45) is 24.5. The van der Waals surface area contributed by atoms with Gasteiger partial charge in [0.1, 0.15) is 5.84 Å². The fraction of sp³-hybridized carbons (Fsp3) is 0.211. The van der Waals surface area contributed by atoms with Gasteiger partial charge in [-0.25, -0.2) is 0 Å². The average molecular weight is 296 g/mol. The van der Waals surface area contributed by atoms with E-state index in [1.54, 1.807) is 6.08 Å². The van der Waals surface area contributed by atoms with Gasteiger partial charge >= 0.3 is 0 Å². The maximum absolute atomic E-state index is 7.00. The summed E-state index contributed by atoms with van der Waals surface area (Å²) in [5, 5.41) is 7.00. The van der Waals surface area contributed by atoms with Crippen molar-refractivity contribution in [1.29, 1.82) is 0 Å². The van der Waals surface area contributed by atoms with E-state index in [1.165, 1.54) is 0 Å². The van der Waals surface area contributed by atoms with Gasteiger partial charge in [-0.05, 0) is 23.6 Å². The third kappa shape index (κ3) is 9.35. The largest absolute Gasteiger partial charge is 0.400 e. The minimum absolute atomic E-state index is 0.491. The summed E-state index contributed by atoms with van der Waals surface area (Å²) in [5.74, 6) is 3.05. The molecule has 116 valence electrons. The van der Waals surface area contributed by atoms with Crippen molar-refractivity contribution in [2.75, 3.05) is 13.7 Å². The molecule has 0 heterocycles. The number of aliphatic imine (C=N–C) groups is 1. The number of allylic oxidation sites excluding steroid dienone is 8. The van der Waals surface area contributed by atoms with Gasteiger partial charge in [0.05, 0.1) is 6.54 Å². The number of rotatable bonds is 6. The quantitative estimate of drug-likeness (QED) is 0.342. The van der Waals surface area contributed by atoms with E-state index in [4.69, 9.17) is 17.3 Å². The van der Waals surface area contributed by atoms with E-state index in [1.807, 2.05) is 36.5 Å². The van der Waals surface area contributed by atoms with Crippen LogP contribution in [0.25, 0.3) is 0 Å². The Hall–Kier alpha value is -2.57. The molecule has 0 spiro atoms. The van der Waals surface area contributed by atoms with Gasteiger partial charge in [-0.2, -0.15) is 0 Å². The minimum atomic E-state index is 0.491. The van der Waals surface area contributed by atoms with Crippen LogP contribution in [0.3, 0.4) is 0 Å². The van der Waals surface area contributed by atoms with Gasteiger partial charge in [0, 0.05) is 13.5 Å². The molecule has 22 heavy (non-hydrogen) atoms. The molecule has 1 rings (SSSR count). The second-order valence-corrected chi connectivity index (χ2v) is 4.19. The average Bonchev–Trinajstić information content (AvgIpc) is 2.84. The van der Waals surface area contributed by atoms with E-state index in [9.17, 15) is 0 Å². The number of terminal acetylenes is 1. The molecule has 0 aromatic rings. The SMILES string of the molecule is C#CC/C=C(\C=C)CN=C(N)/C=C/C1=CCC=CC=C1.CO. The van der Waals surface area contributed by atoms with Gasteiger partial charge in [0.15, 0.2) is 0 Å². The van der Waals surface area contributed by atoms with E-state index in [0.29, 0.717) is 18.8 Å². The molecule has 1 aliphatic carbocycles. The van der Waals surface area contributed by atoms with Crippen molar-refractivity contribution in [1.82, 2.24) is 0 Å². The van der Waals surface area contributed by atoms with Crippen molar-refractivity contribution < 1.29 is 5.11 Å². The molecule has 0 saturated heterocycles. The fourth-order valence-corrected chi connectivity index (χ4v) is 1.54. The first-order valence-corrected chi connectivity index (χ1v) is 6.97. The standard InChI is InChI=1S/C18H20N2.CH4O/c1-3-5-10-16(4-2)15-20-18(19)14-13-17-11-8-6-7-9-12-17;1-2/h1,4,6-8,10-14H,2,5,9,15H2,(H2,19,20);2H,1H3/b14-13+,16-10+;. The van der Waals surface area contributed by atoms with Crippen LogP contribution in [0.4, 0.5) is 0 Å². The molecule has 0 aliphatic heterocycles. The van der Waals surface area contributed by atoms with E-state index in [2.05, 4.69) is 29.6 Å². The zero-order chi connectivity index (χ0) is 16.6. The van der Waals surface area contributed by atoms with Crippen LogP contribution in [-0.2, 0) is 0 Å². The molecule has 0 fully saturated rings. The molecule has 0 unspecified atom stereocenters. The van der Waals surface area contributed by atoms with Crippen molar-refractivity contribution in [3.8, 4) is 12.3 Å². The number of nitrogens with zero attached hydrogens (tertiary/aromatic N) is 1. The molecule has 0 saturated carbocycles. The van der Waals surface area contributed by atoms with E-state index >= 15 is 0 Å². The van der Waals surface area contributed by atoms with Crippen LogP contribution in [0.15, 0.2) is 77.4 Å². The molecular weight excluding hydrogens is 272 g/mol. The monoisotopic (exact) mass is 296 g/mol. The summed E-state index contributed by atoms with van der Waals surface area (Å²) >= 11 is 0. The molecule has 0 radical (unpaired) electrons. The highest BCUT2D eigenvalue weighted by Crippen LogP contribution is 2.06. The van der Waals surface area contributed by atoms with Crippen LogP contribution in [0, 0.1) is 12.3 Å². The zero-order valence-electron chi connectivity index (χ0n) is 13.1. The topological polar surface area (TPSA) is 58.6 Å². The van der Waals surface area contributed by atoms with Gasteiger partial charge in [-0.3, -0.25) is 4.99 Å². The molecule has 0 aromatic heterocycles. The van der Waals surface area contributed by atoms with Crippen molar-refractivity contribution in [2.24, 2.45) is 10.7 Å². The molecular formula is C19H24N2O. The van der Waals surface area contributed by atoms with Crippen LogP contribution in [0.2, 0.25) is 0 Å². The number of hydrogen-bond acceptors (Lipinski definition) is 2. The summed E-state index contributed by atoms with van der Waals surface area (Å²) in [4.78, 5) is 4.29. The minimum Gasteiger partial charge on any atom is -0.400 e. The highest BCUT2D eigenvalue weighted by molar-refractivity contribution is 5.92. The number of hydrogen-bond donors (Lipinski definition) is 2. The van der Waals surface area contributed by atoms with Gasteiger partial charge < -0.3 is 10.8 Å². The Morgan fingerprint density at radius 2 is 2.27 bits per heavy atom.